The summed E-state index contributed by atoms with van der Waals surface area (Å²) in [7, 11) is 0. The van der Waals surface area contributed by atoms with Gasteiger partial charge in [0, 0.05) is 22.4 Å². The van der Waals surface area contributed by atoms with Crippen LogP contribution in [0.2, 0.25) is 0 Å². The summed E-state index contributed by atoms with van der Waals surface area (Å²) >= 11 is 1.65. The monoisotopic (exact) mass is 286 g/mol. The average molecular weight is 286 g/mol. The lowest BCUT2D eigenvalue weighted by Crippen LogP contribution is -1.89. The number of furan rings is 1. The van der Waals surface area contributed by atoms with Crippen LogP contribution in [0.15, 0.2) is 56.5 Å². The first-order chi connectivity index (χ1) is 9.72. The topological polar surface area (TPSA) is 65.2 Å². The van der Waals surface area contributed by atoms with Crippen molar-refractivity contribution in [2.45, 2.75) is 17.6 Å². The molecule has 0 aliphatic carbocycles. The van der Waals surface area contributed by atoms with Gasteiger partial charge in [-0.1, -0.05) is 11.2 Å². The predicted octanol–water partition coefficient (Wildman–Crippen LogP) is 4.12. The van der Waals surface area contributed by atoms with Crippen molar-refractivity contribution in [1.82, 2.24) is 5.16 Å². The van der Waals surface area contributed by atoms with Gasteiger partial charge in [0.15, 0.2) is 5.76 Å². The Labute approximate surface area is 120 Å². The molecule has 4 nitrogen and oxygen atoms in total. The second-order valence-corrected chi connectivity index (χ2v) is 5.51. The van der Waals surface area contributed by atoms with E-state index in [1.807, 2.05) is 30.3 Å². The van der Waals surface area contributed by atoms with Gasteiger partial charge >= 0.3 is 0 Å². The van der Waals surface area contributed by atoms with Crippen LogP contribution in [0, 0.1) is 6.92 Å². The Morgan fingerprint density at radius 3 is 2.90 bits per heavy atom. The van der Waals surface area contributed by atoms with Gasteiger partial charge in [0.05, 0.1) is 12.0 Å². The second-order valence-electron chi connectivity index (χ2n) is 4.49. The zero-order valence-corrected chi connectivity index (χ0v) is 11.8. The van der Waals surface area contributed by atoms with Crippen molar-refractivity contribution >= 4 is 17.4 Å². The number of nitrogens with two attached hydrogens (primary N) is 1. The lowest BCUT2D eigenvalue weighted by Gasteiger charge is -2.04. The minimum absolute atomic E-state index is 0.641. The van der Waals surface area contributed by atoms with Crippen LogP contribution in [0.1, 0.15) is 11.3 Å². The number of hydrogen-bond acceptors (Lipinski definition) is 5. The maximum absolute atomic E-state index is 5.96. The Hall–Kier alpha value is -2.14. The third-order valence-electron chi connectivity index (χ3n) is 2.87. The van der Waals surface area contributed by atoms with Gasteiger partial charge in [-0.25, -0.2) is 0 Å². The molecule has 0 fully saturated rings. The first-order valence-electron chi connectivity index (χ1n) is 6.21. The molecule has 3 aromatic rings. The third-order valence-corrected chi connectivity index (χ3v) is 3.97. The summed E-state index contributed by atoms with van der Waals surface area (Å²) in [5, 5.41) is 4.04. The van der Waals surface area contributed by atoms with Gasteiger partial charge in [-0.05, 0) is 36.8 Å². The number of aromatic nitrogens is 1. The van der Waals surface area contributed by atoms with Crippen molar-refractivity contribution in [3.63, 3.8) is 0 Å². The fraction of sp³-hybridized carbons (Fsp3) is 0.133. The van der Waals surface area contributed by atoms with Crippen molar-refractivity contribution in [3.8, 4) is 11.5 Å². The summed E-state index contributed by atoms with van der Waals surface area (Å²) in [5.74, 6) is 2.03. The van der Waals surface area contributed by atoms with Crippen LogP contribution in [0.25, 0.3) is 11.5 Å². The van der Waals surface area contributed by atoms with Gasteiger partial charge in [0.2, 0.25) is 5.76 Å². The molecule has 2 N–H and O–H groups in total. The van der Waals surface area contributed by atoms with E-state index >= 15 is 0 Å². The van der Waals surface area contributed by atoms with Crippen molar-refractivity contribution in [3.05, 3.63) is 53.9 Å². The minimum atomic E-state index is 0.641. The summed E-state index contributed by atoms with van der Waals surface area (Å²) in [6.07, 6.45) is 1.61. The van der Waals surface area contributed by atoms with Gasteiger partial charge in [-0.3, -0.25) is 0 Å². The SMILES string of the molecule is Cc1ccc(N)c(SCc2cc(-c3ccco3)on2)c1. The number of nitrogen functional groups attached to an aromatic ring is 1. The summed E-state index contributed by atoms with van der Waals surface area (Å²) < 4.78 is 10.5. The third kappa shape index (κ3) is 2.72. The van der Waals surface area contributed by atoms with Gasteiger partial charge < -0.3 is 14.7 Å². The van der Waals surface area contributed by atoms with Crippen LogP contribution in [-0.4, -0.2) is 5.16 Å². The van der Waals surface area contributed by atoms with Crippen LogP contribution >= 0.6 is 11.8 Å². The van der Waals surface area contributed by atoms with E-state index in [1.54, 1.807) is 18.0 Å². The molecule has 5 heteroatoms. The van der Waals surface area contributed by atoms with E-state index in [2.05, 4.69) is 18.1 Å². The number of aryl methyl sites for hydroxylation is 1. The van der Waals surface area contributed by atoms with Gasteiger partial charge in [-0.15, -0.1) is 11.8 Å². The summed E-state index contributed by atoms with van der Waals surface area (Å²) in [6, 6.07) is 11.6. The molecule has 0 spiro atoms. The maximum atomic E-state index is 5.96. The van der Waals surface area contributed by atoms with E-state index < -0.39 is 0 Å². The smallest absolute Gasteiger partial charge is 0.202 e. The van der Waals surface area contributed by atoms with Crippen LogP contribution in [0.4, 0.5) is 5.69 Å². The zero-order chi connectivity index (χ0) is 13.9. The number of benzene rings is 1. The standard InChI is InChI=1S/C15H14N2O2S/c1-10-4-5-12(16)15(7-10)20-9-11-8-14(19-17-11)13-3-2-6-18-13/h2-8H,9,16H2,1H3. The van der Waals surface area contributed by atoms with E-state index in [9.17, 15) is 0 Å². The Kier molecular flexibility index (Phi) is 3.52. The van der Waals surface area contributed by atoms with Crippen molar-refractivity contribution in [1.29, 1.82) is 0 Å². The van der Waals surface area contributed by atoms with E-state index in [1.165, 1.54) is 5.56 Å². The molecule has 102 valence electrons. The predicted molar refractivity (Wildman–Crippen MR) is 79.4 cm³/mol. The average Bonchev–Trinajstić information content (AvgIpc) is 3.09. The first kappa shape index (κ1) is 12.9. The van der Waals surface area contributed by atoms with Crippen molar-refractivity contribution in [2.24, 2.45) is 0 Å². The molecular weight excluding hydrogens is 272 g/mol. The molecule has 0 unspecified atom stereocenters. The lowest BCUT2D eigenvalue weighted by molar-refractivity contribution is 0.413. The highest BCUT2D eigenvalue weighted by molar-refractivity contribution is 7.98. The number of hydrogen-bond donors (Lipinski definition) is 1. The highest BCUT2D eigenvalue weighted by atomic mass is 32.2. The fourth-order valence-electron chi connectivity index (χ4n) is 1.83. The summed E-state index contributed by atoms with van der Waals surface area (Å²) in [4.78, 5) is 1.06. The largest absolute Gasteiger partial charge is 0.461 e. The number of rotatable bonds is 4. The molecule has 2 aromatic heterocycles. The summed E-state index contributed by atoms with van der Waals surface area (Å²) in [5.41, 5.74) is 8.80. The van der Waals surface area contributed by atoms with Crippen LogP contribution in [-0.2, 0) is 5.75 Å². The molecule has 0 atom stereocenters. The highest BCUT2D eigenvalue weighted by Gasteiger charge is 2.10. The Morgan fingerprint density at radius 2 is 2.10 bits per heavy atom. The summed E-state index contributed by atoms with van der Waals surface area (Å²) in [6.45, 7) is 2.05. The lowest BCUT2D eigenvalue weighted by atomic mass is 10.2. The van der Waals surface area contributed by atoms with Gasteiger partial charge in [-0.2, -0.15) is 0 Å². The van der Waals surface area contributed by atoms with E-state index in [-0.39, 0.29) is 0 Å². The zero-order valence-electron chi connectivity index (χ0n) is 11.0. The Balaban J connectivity index is 1.71. The quantitative estimate of drug-likeness (QED) is 0.577. The minimum Gasteiger partial charge on any atom is -0.461 e. The van der Waals surface area contributed by atoms with Crippen molar-refractivity contribution < 1.29 is 8.94 Å². The molecule has 0 radical (unpaired) electrons. The van der Waals surface area contributed by atoms with Crippen molar-refractivity contribution in [2.75, 3.05) is 5.73 Å². The molecule has 2 heterocycles. The Morgan fingerprint density at radius 1 is 1.20 bits per heavy atom. The number of thioether (sulfide) groups is 1. The van der Waals surface area contributed by atoms with E-state index in [4.69, 9.17) is 14.7 Å². The fourth-order valence-corrected chi connectivity index (χ4v) is 2.78. The molecule has 0 saturated heterocycles. The molecule has 0 bridgehead atoms. The molecule has 3 rings (SSSR count). The number of anilines is 1. The molecule has 0 amide bonds. The molecule has 0 aliphatic heterocycles. The van der Waals surface area contributed by atoms with E-state index in [0.29, 0.717) is 17.3 Å². The van der Waals surface area contributed by atoms with Gasteiger partial charge in [0.25, 0.3) is 0 Å². The van der Waals surface area contributed by atoms with Crippen LogP contribution in [0.5, 0.6) is 0 Å². The van der Waals surface area contributed by atoms with Crippen LogP contribution < -0.4 is 5.73 Å². The molecule has 0 aliphatic rings. The molecule has 1 aromatic carbocycles. The Bertz CT molecular complexity index is 704. The first-order valence-corrected chi connectivity index (χ1v) is 7.19. The van der Waals surface area contributed by atoms with E-state index in [0.717, 1.165) is 16.3 Å². The maximum Gasteiger partial charge on any atom is 0.202 e. The molecule has 20 heavy (non-hydrogen) atoms. The van der Waals surface area contributed by atoms with Crippen LogP contribution in [0.3, 0.4) is 0 Å². The molecular formula is C15H14N2O2S. The van der Waals surface area contributed by atoms with Gasteiger partial charge in [0.1, 0.15) is 0 Å². The second kappa shape index (κ2) is 5.46. The number of nitrogens with zero attached hydrogens (tertiary/aromatic N) is 1. The molecule has 0 saturated carbocycles. The highest BCUT2D eigenvalue weighted by Crippen LogP contribution is 2.30. The normalized spacial score (nSPS) is 10.8.